The van der Waals surface area contributed by atoms with Crippen LogP contribution in [0.2, 0.25) is 0 Å². The van der Waals surface area contributed by atoms with Crippen molar-refractivity contribution in [2.45, 2.75) is 17.9 Å². The normalized spacial score (nSPS) is 14.6. The summed E-state index contributed by atoms with van der Waals surface area (Å²) in [6, 6.07) is 27.0. The highest BCUT2D eigenvalue weighted by molar-refractivity contribution is 7.98. The Labute approximate surface area is 267 Å². The minimum atomic E-state index is -0.762. The van der Waals surface area contributed by atoms with Gasteiger partial charge in [-0.3, -0.25) is 9.36 Å². The van der Waals surface area contributed by atoms with Crippen LogP contribution in [0.4, 0.5) is 0 Å². The molecular formula is C35H28N2O6S2. The molecule has 0 amide bonds. The Bertz CT molecular complexity index is 2110. The lowest BCUT2D eigenvalue weighted by Crippen LogP contribution is -2.40. The maximum atomic E-state index is 14.1. The zero-order valence-corrected chi connectivity index (χ0v) is 26.3. The number of hydrogen-bond donors (Lipinski definition) is 0. The number of furan rings is 1. The highest BCUT2D eigenvalue weighted by Crippen LogP contribution is 2.35. The van der Waals surface area contributed by atoms with Crippen molar-refractivity contribution < 1.29 is 23.5 Å². The second-order valence-corrected chi connectivity index (χ2v) is 11.9. The van der Waals surface area contributed by atoms with Gasteiger partial charge in [-0.2, -0.15) is 0 Å². The summed E-state index contributed by atoms with van der Waals surface area (Å²) in [7, 11) is 1.33. The Morgan fingerprint density at radius 1 is 0.978 bits per heavy atom. The minimum absolute atomic E-state index is 0.177. The van der Waals surface area contributed by atoms with E-state index in [0.717, 1.165) is 16.0 Å². The van der Waals surface area contributed by atoms with Gasteiger partial charge in [0.25, 0.3) is 5.56 Å². The van der Waals surface area contributed by atoms with Crippen molar-refractivity contribution >= 4 is 46.8 Å². The fourth-order valence-electron chi connectivity index (χ4n) is 5.17. The fourth-order valence-corrected chi connectivity index (χ4v) is 6.56. The number of methoxy groups -OCH3 is 1. The number of benzene rings is 3. The first-order chi connectivity index (χ1) is 21.9. The van der Waals surface area contributed by atoms with E-state index in [1.807, 2.05) is 66.9 Å². The van der Waals surface area contributed by atoms with Crippen LogP contribution in [-0.4, -0.2) is 36.5 Å². The van der Waals surface area contributed by atoms with Gasteiger partial charge in [-0.1, -0.05) is 65.9 Å². The lowest BCUT2D eigenvalue weighted by molar-refractivity contribution is -0.138. The van der Waals surface area contributed by atoms with Crippen molar-refractivity contribution in [1.82, 2.24) is 4.57 Å². The van der Waals surface area contributed by atoms with Crippen molar-refractivity contribution in [3.63, 3.8) is 0 Å². The highest BCUT2D eigenvalue weighted by Gasteiger charge is 2.35. The first kappa shape index (κ1) is 30.1. The molecule has 0 radical (unpaired) electrons. The molecule has 0 saturated heterocycles. The summed E-state index contributed by atoms with van der Waals surface area (Å²) in [5.74, 6) is 0.00706. The standard InChI is InChI=1S/C35H28N2O6S2/c1-4-42-34(40)29-30(21-9-6-5-7-10-21)36-35-37(31(29)22-13-16-26(44-3)17-14-22)32(38)28(45-35)20-25-15-18-27(43-25)23-11-8-12-24(19-23)33(39)41-2/h5-20,31H,4H2,1-3H3/b28-20-/t31-/m1/s1. The number of hydrogen-bond acceptors (Lipinski definition) is 9. The van der Waals surface area contributed by atoms with Crippen molar-refractivity contribution in [2.24, 2.45) is 4.99 Å². The van der Waals surface area contributed by atoms with E-state index in [4.69, 9.17) is 18.9 Å². The molecule has 8 nitrogen and oxygen atoms in total. The van der Waals surface area contributed by atoms with Crippen molar-refractivity contribution in [1.29, 1.82) is 0 Å². The van der Waals surface area contributed by atoms with Crippen LogP contribution in [0.25, 0.3) is 23.1 Å². The Hall–Kier alpha value is -4.93. The highest BCUT2D eigenvalue weighted by atomic mass is 32.2. The van der Waals surface area contributed by atoms with E-state index in [-0.39, 0.29) is 12.2 Å². The predicted octanol–water partition coefficient (Wildman–Crippen LogP) is 5.70. The maximum absolute atomic E-state index is 14.1. The smallest absolute Gasteiger partial charge is 0.338 e. The molecule has 1 aliphatic rings. The Morgan fingerprint density at radius 2 is 1.73 bits per heavy atom. The van der Waals surface area contributed by atoms with Gasteiger partial charge >= 0.3 is 11.9 Å². The Kier molecular flexibility index (Phi) is 8.68. The number of ether oxygens (including phenoxy) is 2. The zero-order chi connectivity index (χ0) is 31.5. The van der Waals surface area contributed by atoms with Gasteiger partial charge in [-0.15, -0.1) is 11.8 Å². The van der Waals surface area contributed by atoms with Gasteiger partial charge in [0, 0.05) is 22.1 Å². The lowest BCUT2D eigenvalue weighted by atomic mass is 9.93. The van der Waals surface area contributed by atoms with Crippen LogP contribution in [0.5, 0.6) is 0 Å². The average Bonchev–Trinajstić information content (AvgIpc) is 3.68. The van der Waals surface area contributed by atoms with Crippen molar-refractivity contribution in [3.05, 3.63) is 139 Å². The molecule has 0 spiro atoms. The molecule has 0 unspecified atom stereocenters. The Balaban J connectivity index is 1.52. The van der Waals surface area contributed by atoms with Crippen LogP contribution in [0.3, 0.4) is 0 Å². The summed E-state index contributed by atoms with van der Waals surface area (Å²) in [6.45, 7) is 1.93. The third kappa shape index (κ3) is 5.94. The van der Waals surface area contributed by atoms with E-state index in [9.17, 15) is 14.4 Å². The number of thiazole rings is 1. The number of carbonyl (C=O) groups is 2. The molecule has 226 valence electrons. The number of rotatable bonds is 8. The quantitative estimate of drug-likeness (QED) is 0.159. The number of fused-ring (bicyclic) bond motifs is 1. The Morgan fingerprint density at radius 3 is 2.44 bits per heavy atom. The molecule has 6 rings (SSSR count). The van der Waals surface area contributed by atoms with Gasteiger partial charge in [0.15, 0.2) is 4.80 Å². The van der Waals surface area contributed by atoms with Crippen LogP contribution in [-0.2, 0) is 14.3 Å². The SMILES string of the molecule is CCOC(=O)C1=C(c2ccccc2)N=c2s/c(=C\c3ccc(-c4cccc(C(=O)OC)c4)o3)c(=O)n2[C@@H]1c1ccc(SC)cc1. The summed E-state index contributed by atoms with van der Waals surface area (Å²) in [5, 5.41) is 0. The maximum Gasteiger partial charge on any atom is 0.338 e. The average molecular weight is 637 g/mol. The predicted molar refractivity (Wildman–Crippen MR) is 175 cm³/mol. The molecule has 1 aliphatic heterocycles. The van der Waals surface area contributed by atoms with Crippen LogP contribution in [0.1, 0.15) is 40.2 Å². The van der Waals surface area contributed by atoms with E-state index in [2.05, 4.69) is 0 Å². The van der Waals surface area contributed by atoms with Crippen LogP contribution >= 0.6 is 23.1 Å². The molecule has 0 saturated carbocycles. The first-order valence-electron chi connectivity index (χ1n) is 14.1. The third-order valence-electron chi connectivity index (χ3n) is 7.27. The van der Waals surface area contributed by atoms with Crippen molar-refractivity contribution in [3.8, 4) is 11.3 Å². The van der Waals surface area contributed by atoms with Gasteiger partial charge < -0.3 is 13.9 Å². The van der Waals surface area contributed by atoms with Gasteiger partial charge in [0.1, 0.15) is 11.5 Å². The van der Waals surface area contributed by atoms with E-state index in [1.165, 1.54) is 18.4 Å². The van der Waals surface area contributed by atoms with Gasteiger partial charge in [0.2, 0.25) is 0 Å². The van der Waals surface area contributed by atoms with Gasteiger partial charge in [-0.25, -0.2) is 14.6 Å². The largest absolute Gasteiger partial charge is 0.465 e. The number of aromatic nitrogens is 1. The van der Waals surface area contributed by atoms with E-state index in [0.29, 0.717) is 43.3 Å². The summed E-state index contributed by atoms with van der Waals surface area (Å²) in [5.41, 5.74) is 3.05. The molecule has 0 N–H and O–H groups in total. The molecule has 45 heavy (non-hydrogen) atoms. The van der Waals surface area contributed by atoms with Crippen LogP contribution < -0.4 is 14.9 Å². The zero-order valence-electron chi connectivity index (χ0n) is 24.7. The summed E-state index contributed by atoms with van der Waals surface area (Å²) in [6.07, 6.45) is 3.66. The molecule has 3 heterocycles. The van der Waals surface area contributed by atoms with Gasteiger partial charge in [0.05, 0.1) is 41.1 Å². The number of thioether (sulfide) groups is 1. The number of esters is 2. The molecular weight excluding hydrogens is 609 g/mol. The summed E-state index contributed by atoms with van der Waals surface area (Å²) < 4.78 is 18.4. The molecule has 0 aliphatic carbocycles. The molecule has 10 heteroatoms. The topological polar surface area (TPSA) is 100 Å². The van der Waals surface area contributed by atoms with Gasteiger partial charge in [-0.05, 0) is 55.1 Å². The third-order valence-corrected chi connectivity index (χ3v) is 9.00. The second kappa shape index (κ2) is 13.0. The number of nitrogens with zero attached hydrogens (tertiary/aromatic N) is 2. The second-order valence-electron chi connectivity index (χ2n) is 9.98. The van der Waals surface area contributed by atoms with E-state index in [1.54, 1.807) is 59.7 Å². The van der Waals surface area contributed by atoms with Crippen LogP contribution in [0, 0.1) is 0 Å². The van der Waals surface area contributed by atoms with E-state index < -0.39 is 18.0 Å². The summed E-state index contributed by atoms with van der Waals surface area (Å²) in [4.78, 5) is 46.2. The molecule has 1 atom stereocenters. The van der Waals surface area contributed by atoms with E-state index >= 15 is 0 Å². The fraction of sp³-hybridized carbons (Fsp3) is 0.143. The molecule has 3 aromatic carbocycles. The first-order valence-corrected chi connectivity index (χ1v) is 16.2. The van der Waals surface area contributed by atoms with Crippen molar-refractivity contribution in [2.75, 3.05) is 20.0 Å². The molecule has 0 fully saturated rings. The molecule has 0 bridgehead atoms. The molecule has 2 aromatic heterocycles. The summed E-state index contributed by atoms with van der Waals surface area (Å²) >= 11 is 2.83. The minimum Gasteiger partial charge on any atom is -0.465 e. The van der Waals surface area contributed by atoms with Crippen LogP contribution in [0.15, 0.2) is 116 Å². The number of carbonyl (C=O) groups excluding carboxylic acids is 2. The lowest BCUT2D eigenvalue weighted by Gasteiger charge is -2.26. The molecule has 5 aromatic rings. The monoisotopic (exact) mass is 636 g/mol.